The normalized spacial score (nSPS) is 15.5. The van der Waals surface area contributed by atoms with Gasteiger partial charge in [0, 0.05) is 41.2 Å². The van der Waals surface area contributed by atoms with E-state index >= 15 is 0 Å². The highest BCUT2D eigenvalue weighted by atomic mass is 79.9. The number of carbonyl (C=O) groups excluding carboxylic acids is 1. The lowest BCUT2D eigenvalue weighted by Gasteiger charge is -2.29. The number of hydrogen-bond acceptors (Lipinski definition) is 4. The lowest BCUT2D eigenvalue weighted by atomic mass is 10.0. The molecule has 148 valence electrons. The predicted octanol–water partition coefficient (Wildman–Crippen LogP) is 4.25. The Morgan fingerprint density at radius 1 is 1.31 bits per heavy atom. The van der Waals surface area contributed by atoms with Crippen LogP contribution in [0.1, 0.15) is 28.9 Å². The summed E-state index contributed by atoms with van der Waals surface area (Å²) in [7, 11) is 0. The number of carbonyl (C=O) groups is 1. The van der Waals surface area contributed by atoms with E-state index in [2.05, 4.69) is 30.7 Å². The van der Waals surface area contributed by atoms with Crippen LogP contribution in [-0.2, 0) is 0 Å². The Balaban J connectivity index is 1.77. The highest BCUT2D eigenvalue weighted by molar-refractivity contribution is 9.10. The van der Waals surface area contributed by atoms with Gasteiger partial charge in [0.15, 0.2) is 11.5 Å². The Bertz CT molecular complexity index is 1100. The number of ketones is 1. The number of hydrogen-bond donors (Lipinski definition) is 1. The van der Waals surface area contributed by atoms with Crippen molar-refractivity contribution in [1.29, 1.82) is 0 Å². The minimum atomic E-state index is 0.0781. The molecule has 1 aliphatic heterocycles. The highest BCUT2D eigenvalue weighted by Gasteiger charge is 2.25. The zero-order valence-corrected chi connectivity index (χ0v) is 17.8. The number of benzene rings is 1. The average molecular weight is 452 g/mol. The predicted molar refractivity (Wildman–Crippen MR) is 118 cm³/mol. The third-order valence-corrected chi connectivity index (χ3v) is 5.96. The molecule has 3 aromatic rings. The summed E-state index contributed by atoms with van der Waals surface area (Å²) in [6.45, 7) is 11.2. The number of rotatable bonds is 4. The number of halogens is 1. The number of pyridine rings is 1. The molecule has 2 N–H and O–H groups in total. The molecule has 1 fully saturated rings. The highest BCUT2D eigenvalue weighted by Crippen LogP contribution is 2.31. The number of fused-ring (bicyclic) bond motifs is 1. The molecule has 0 radical (unpaired) electrons. The SMILES string of the molecule is [C-]#[N+]c1ccc(-n2c(C)c(C(=O)CN3CCC(N)CC3)c3ncc(Br)cc32)cc1. The minimum Gasteiger partial charge on any atom is -0.328 e. The molecule has 3 heterocycles. The van der Waals surface area contributed by atoms with Gasteiger partial charge in [0.25, 0.3) is 0 Å². The van der Waals surface area contributed by atoms with Crippen molar-refractivity contribution in [2.45, 2.75) is 25.8 Å². The molecule has 29 heavy (non-hydrogen) atoms. The van der Waals surface area contributed by atoms with Gasteiger partial charge in [-0.2, -0.15) is 0 Å². The van der Waals surface area contributed by atoms with Gasteiger partial charge in [-0.3, -0.25) is 14.7 Å². The van der Waals surface area contributed by atoms with E-state index in [9.17, 15) is 4.79 Å². The second-order valence-electron chi connectivity index (χ2n) is 7.48. The molecule has 6 nitrogen and oxygen atoms in total. The van der Waals surface area contributed by atoms with Gasteiger partial charge in [-0.25, -0.2) is 4.85 Å². The second-order valence-corrected chi connectivity index (χ2v) is 8.40. The van der Waals surface area contributed by atoms with E-state index in [0.29, 0.717) is 23.3 Å². The third-order valence-electron chi connectivity index (χ3n) is 5.52. The number of Topliss-reactive ketones (excluding diaryl/α,β-unsaturated/α-hetero) is 1. The van der Waals surface area contributed by atoms with E-state index in [0.717, 1.165) is 47.3 Å². The zero-order chi connectivity index (χ0) is 20.5. The molecule has 0 amide bonds. The van der Waals surface area contributed by atoms with Crippen molar-refractivity contribution >= 4 is 38.4 Å². The lowest BCUT2D eigenvalue weighted by Crippen LogP contribution is -2.42. The van der Waals surface area contributed by atoms with Crippen molar-refractivity contribution in [2.24, 2.45) is 5.73 Å². The summed E-state index contributed by atoms with van der Waals surface area (Å²) in [5.74, 6) is 0.0781. The van der Waals surface area contributed by atoms with Crippen LogP contribution in [0.2, 0.25) is 0 Å². The van der Waals surface area contributed by atoms with E-state index in [-0.39, 0.29) is 11.8 Å². The molecule has 0 saturated carbocycles. The summed E-state index contributed by atoms with van der Waals surface area (Å²) < 4.78 is 2.89. The number of nitrogens with two attached hydrogens (primary N) is 1. The molecule has 1 saturated heterocycles. The minimum absolute atomic E-state index is 0.0781. The molecular formula is C22H22BrN5O. The number of piperidine rings is 1. The maximum Gasteiger partial charge on any atom is 0.187 e. The number of aromatic nitrogens is 2. The van der Waals surface area contributed by atoms with Crippen LogP contribution >= 0.6 is 15.9 Å². The van der Waals surface area contributed by atoms with Crippen molar-refractivity contribution in [3.8, 4) is 5.69 Å². The maximum atomic E-state index is 13.3. The van der Waals surface area contributed by atoms with Gasteiger partial charge in [0.05, 0.1) is 29.7 Å². The number of likely N-dealkylation sites (tertiary alicyclic amines) is 1. The van der Waals surface area contributed by atoms with Gasteiger partial charge in [0.1, 0.15) is 0 Å². The van der Waals surface area contributed by atoms with E-state index in [1.807, 2.05) is 29.7 Å². The molecular weight excluding hydrogens is 430 g/mol. The van der Waals surface area contributed by atoms with Crippen LogP contribution in [0, 0.1) is 13.5 Å². The first-order valence-electron chi connectivity index (χ1n) is 9.63. The van der Waals surface area contributed by atoms with Crippen LogP contribution in [0.5, 0.6) is 0 Å². The molecule has 7 heteroatoms. The largest absolute Gasteiger partial charge is 0.328 e. The summed E-state index contributed by atoms with van der Waals surface area (Å²) in [6, 6.07) is 9.61. The fourth-order valence-electron chi connectivity index (χ4n) is 3.99. The molecule has 1 aromatic carbocycles. The van der Waals surface area contributed by atoms with Gasteiger partial charge in [-0.15, -0.1) is 0 Å². The molecule has 0 aliphatic carbocycles. The van der Waals surface area contributed by atoms with Crippen LogP contribution in [0.25, 0.3) is 21.6 Å². The van der Waals surface area contributed by atoms with Crippen molar-refractivity contribution in [3.63, 3.8) is 0 Å². The number of nitrogens with zero attached hydrogens (tertiary/aromatic N) is 4. The first-order chi connectivity index (χ1) is 14.0. The molecule has 0 unspecified atom stereocenters. The zero-order valence-electron chi connectivity index (χ0n) is 16.2. The van der Waals surface area contributed by atoms with Crippen LogP contribution in [0.3, 0.4) is 0 Å². The monoisotopic (exact) mass is 451 g/mol. The van der Waals surface area contributed by atoms with Crippen LogP contribution in [0.4, 0.5) is 5.69 Å². The first kappa shape index (κ1) is 19.8. The van der Waals surface area contributed by atoms with E-state index < -0.39 is 0 Å². The molecule has 1 aliphatic rings. The van der Waals surface area contributed by atoms with E-state index in [4.69, 9.17) is 12.3 Å². The topological polar surface area (TPSA) is 68.5 Å². The summed E-state index contributed by atoms with van der Waals surface area (Å²) >= 11 is 3.50. The lowest BCUT2D eigenvalue weighted by molar-refractivity contribution is 0.0910. The standard InChI is InChI=1S/C22H22BrN5O/c1-14-21(20(29)13-27-9-7-16(24)8-10-27)22-19(11-15(23)12-26-22)28(14)18-5-3-17(25-2)4-6-18/h3-6,11-12,16H,7-10,13,24H2,1H3. The third kappa shape index (κ3) is 3.84. The van der Waals surface area contributed by atoms with Crippen molar-refractivity contribution in [1.82, 2.24) is 14.5 Å². The van der Waals surface area contributed by atoms with Gasteiger partial charge in [-0.05, 0) is 53.9 Å². The molecule has 0 bridgehead atoms. The van der Waals surface area contributed by atoms with E-state index in [1.54, 1.807) is 18.3 Å². The molecule has 4 rings (SSSR count). The summed E-state index contributed by atoms with van der Waals surface area (Å²) in [4.78, 5) is 23.5. The summed E-state index contributed by atoms with van der Waals surface area (Å²) in [6.07, 6.45) is 3.57. The Hall–Kier alpha value is -2.53. The summed E-state index contributed by atoms with van der Waals surface area (Å²) in [5.41, 5.74) is 10.6. The Morgan fingerprint density at radius 2 is 2.00 bits per heavy atom. The fourth-order valence-corrected chi connectivity index (χ4v) is 4.31. The smallest absolute Gasteiger partial charge is 0.187 e. The molecule has 0 atom stereocenters. The summed E-state index contributed by atoms with van der Waals surface area (Å²) in [5, 5.41) is 0. The first-order valence-corrected chi connectivity index (χ1v) is 10.4. The van der Waals surface area contributed by atoms with Crippen LogP contribution in [-0.4, -0.2) is 45.9 Å². The van der Waals surface area contributed by atoms with Crippen molar-refractivity contribution in [2.75, 3.05) is 19.6 Å². The Labute approximate surface area is 178 Å². The van der Waals surface area contributed by atoms with Crippen molar-refractivity contribution in [3.05, 3.63) is 63.7 Å². The maximum absolute atomic E-state index is 13.3. The van der Waals surface area contributed by atoms with Gasteiger partial charge in [0.2, 0.25) is 0 Å². The van der Waals surface area contributed by atoms with Gasteiger partial charge < -0.3 is 10.3 Å². The van der Waals surface area contributed by atoms with Crippen LogP contribution in [0.15, 0.2) is 41.0 Å². The van der Waals surface area contributed by atoms with Crippen LogP contribution < -0.4 is 5.73 Å². The van der Waals surface area contributed by atoms with E-state index in [1.165, 1.54) is 0 Å². The average Bonchev–Trinajstić information content (AvgIpc) is 3.01. The Kier molecular flexibility index (Phi) is 5.50. The second kappa shape index (κ2) is 8.07. The van der Waals surface area contributed by atoms with Crippen molar-refractivity contribution < 1.29 is 4.79 Å². The van der Waals surface area contributed by atoms with Gasteiger partial charge >= 0.3 is 0 Å². The molecule has 0 spiro atoms. The fraction of sp³-hybridized carbons (Fsp3) is 0.318. The Morgan fingerprint density at radius 3 is 2.66 bits per heavy atom. The van der Waals surface area contributed by atoms with Gasteiger partial charge in [-0.1, -0.05) is 12.1 Å². The molecule has 2 aromatic heterocycles. The quantitative estimate of drug-likeness (QED) is 0.475.